The Kier molecular flexibility index (Phi) is 4.65. The lowest BCUT2D eigenvalue weighted by atomic mass is 9.88. The van der Waals surface area contributed by atoms with Crippen molar-refractivity contribution in [2.75, 3.05) is 33.9 Å². The Balaban J connectivity index is 2.25. The molecule has 0 aromatic heterocycles. The van der Waals surface area contributed by atoms with Crippen molar-refractivity contribution in [1.29, 1.82) is 0 Å². The minimum absolute atomic E-state index is 0.0202. The summed E-state index contributed by atoms with van der Waals surface area (Å²) in [5, 5.41) is 9.41. The van der Waals surface area contributed by atoms with E-state index in [1.54, 1.807) is 0 Å². The van der Waals surface area contributed by atoms with Gasteiger partial charge in [-0.2, -0.15) is 0 Å². The predicted molar refractivity (Wildman–Crippen MR) is 75.4 cm³/mol. The van der Waals surface area contributed by atoms with E-state index in [4.69, 9.17) is 9.47 Å². The monoisotopic (exact) mass is 311 g/mol. The molecule has 0 saturated carbocycles. The van der Waals surface area contributed by atoms with Gasteiger partial charge in [0.15, 0.2) is 0 Å². The Morgan fingerprint density at radius 2 is 2.14 bits per heavy atom. The summed E-state index contributed by atoms with van der Waals surface area (Å²) in [6.45, 7) is 0.315. The molecule has 0 unspecified atom stereocenters. The number of ether oxygens (including phenoxy) is 2. The molecule has 0 spiro atoms. The molecule has 6 nitrogen and oxygen atoms in total. The molecule has 22 heavy (non-hydrogen) atoms. The minimum Gasteiger partial charge on any atom is -0.496 e. The number of amides is 1. The summed E-state index contributed by atoms with van der Waals surface area (Å²) in [5.41, 5.74) is -1.04. The number of aliphatic carboxylic acids is 1. The quantitative estimate of drug-likeness (QED) is 0.889. The molecule has 1 saturated heterocycles. The highest BCUT2D eigenvalue weighted by Gasteiger charge is 2.46. The van der Waals surface area contributed by atoms with Crippen LogP contribution in [0, 0.1) is 11.2 Å². The van der Waals surface area contributed by atoms with Crippen molar-refractivity contribution in [3.63, 3.8) is 0 Å². The van der Waals surface area contributed by atoms with Crippen LogP contribution < -0.4 is 4.74 Å². The van der Waals surface area contributed by atoms with Crippen LogP contribution in [0.2, 0.25) is 0 Å². The number of methoxy groups -OCH3 is 2. The van der Waals surface area contributed by atoms with Gasteiger partial charge in [0, 0.05) is 20.2 Å². The average molecular weight is 311 g/mol. The van der Waals surface area contributed by atoms with Crippen LogP contribution in [0.15, 0.2) is 18.2 Å². The molecule has 1 heterocycles. The van der Waals surface area contributed by atoms with Crippen molar-refractivity contribution in [3.8, 4) is 5.75 Å². The SMILES string of the molecule is COC[C@@]1(C(=O)O)CCN(C(=O)c2cc(F)ccc2OC)C1. The van der Waals surface area contributed by atoms with Gasteiger partial charge in [-0.3, -0.25) is 9.59 Å². The third-order valence-corrected chi connectivity index (χ3v) is 3.91. The van der Waals surface area contributed by atoms with E-state index >= 15 is 0 Å². The number of carbonyl (C=O) groups is 2. The zero-order valence-corrected chi connectivity index (χ0v) is 12.5. The topological polar surface area (TPSA) is 76.1 Å². The van der Waals surface area contributed by atoms with Gasteiger partial charge in [-0.15, -0.1) is 0 Å². The number of carboxylic acid groups (broad SMARTS) is 1. The average Bonchev–Trinajstić information content (AvgIpc) is 2.92. The van der Waals surface area contributed by atoms with Crippen molar-refractivity contribution in [2.24, 2.45) is 5.41 Å². The van der Waals surface area contributed by atoms with Crippen LogP contribution in [-0.2, 0) is 9.53 Å². The molecule has 7 heteroatoms. The van der Waals surface area contributed by atoms with Gasteiger partial charge in [0.25, 0.3) is 5.91 Å². The highest BCUT2D eigenvalue weighted by molar-refractivity contribution is 5.97. The fourth-order valence-electron chi connectivity index (χ4n) is 2.69. The van der Waals surface area contributed by atoms with Gasteiger partial charge in [0.05, 0.1) is 19.3 Å². The van der Waals surface area contributed by atoms with Gasteiger partial charge in [-0.1, -0.05) is 0 Å². The second kappa shape index (κ2) is 6.31. The molecule has 1 aliphatic heterocycles. The van der Waals surface area contributed by atoms with E-state index in [0.29, 0.717) is 6.42 Å². The van der Waals surface area contributed by atoms with Crippen molar-refractivity contribution in [2.45, 2.75) is 6.42 Å². The van der Waals surface area contributed by atoms with E-state index in [0.717, 1.165) is 6.07 Å². The Morgan fingerprint density at radius 1 is 1.41 bits per heavy atom. The molecule has 0 bridgehead atoms. The van der Waals surface area contributed by atoms with Crippen molar-refractivity contribution >= 4 is 11.9 Å². The van der Waals surface area contributed by atoms with Crippen molar-refractivity contribution in [3.05, 3.63) is 29.6 Å². The Bertz CT molecular complexity index is 591. The van der Waals surface area contributed by atoms with Crippen LogP contribution in [-0.4, -0.2) is 55.8 Å². The summed E-state index contributed by atoms with van der Waals surface area (Å²) in [6.07, 6.45) is 0.291. The summed E-state index contributed by atoms with van der Waals surface area (Å²) in [7, 11) is 2.81. The Hall–Kier alpha value is -2.15. The lowest BCUT2D eigenvalue weighted by molar-refractivity contribution is -0.151. The molecule has 1 fully saturated rings. The summed E-state index contributed by atoms with van der Waals surface area (Å²) in [5.74, 6) is -1.75. The predicted octanol–water partition coefficient (Wildman–Crippen LogP) is 1.40. The van der Waals surface area contributed by atoms with Gasteiger partial charge in [-0.05, 0) is 24.6 Å². The number of nitrogens with zero attached hydrogens (tertiary/aromatic N) is 1. The van der Waals surface area contributed by atoms with E-state index in [2.05, 4.69) is 0 Å². The Morgan fingerprint density at radius 3 is 2.73 bits per heavy atom. The van der Waals surface area contributed by atoms with E-state index in [9.17, 15) is 19.1 Å². The minimum atomic E-state index is -1.12. The number of hydrogen-bond donors (Lipinski definition) is 1. The first-order chi connectivity index (χ1) is 10.4. The zero-order valence-electron chi connectivity index (χ0n) is 12.5. The van der Waals surface area contributed by atoms with Gasteiger partial charge in [-0.25, -0.2) is 4.39 Å². The second-order valence-corrected chi connectivity index (χ2v) is 5.34. The fraction of sp³-hybridized carbons (Fsp3) is 0.467. The summed E-state index contributed by atoms with van der Waals surface area (Å²) in [4.78, 5) is 25.4. The van der Waals surface area contributed by atoms with Crippen LogP contribution in [0.25, 0.3) is 0 Å². The summed E-state index contributed by atoms with van der Waals surface area (Å²) in [6, 6.07) is 3.67. The maximum absolute atomic E-state index is 13.4. The molecule has 1 aromatic rings. The van der Waals surface area contributed by atoms with E-state index < -0.39 is 23.1 Å². The summed E-state index contributed by atoms with van der Waals surface area (Å²) >= 11 is 0. The van der Waals surface area contributed by atoms with Crippen molar-refractivity contribution < 1.29 is 28.6 Å². The standard InChI is InChI=1S/C15H18FNO5/c1-21-9-15(14(19)20)5-6-17(8-15)13(18)11-7-10(16)3-4-12(11)22-2/h3-4,7H,5-6,8-9H2,1-2H3,(H,19,20)/t15-/m1/s1. The van der Waals surface area contributed by atoms with Crippen LogP contribution in [0.3, 0.4) is 0 Å². The molecule has 0 radical (unpaired) electrons. The fourth-order valence-corrected chi connectivity index (χ4v) is 2.69. The Labute approximate surface area is 127 Å². The molecular formula is C15H18FNO5. The number of likely N-dealkylation sites (tertiary alicyclic amines) is 1. The van der Waals surface area contributed by atoms with Gasteiger partial charge < -0.3 is 19.5 Å². The van der Waals surface area contributed by atoms with Crippen molar-refractivity contribution in [1.82, 2.24) is 4.90 Å². The number of rotatable bonds is 5. The molecule has 1 aliphatic rings. The molecule has 1 aromatic carbocycles. The smallest absolute Gasteiger partial charge is 0.313 e. The van der Waals surface area contributed by atoms with E-state index in [1.165, 1.54) is 31.3 Å². The first-order valence-corrected chi connectivity index (χ1v) is 6.78. The molecule has 120 valence electrons. The number of hydrogen-bond acceptors (Lipinski definition) is 4. The number of carbonyl (C=O) groups excluding carboxylic acids is 1. The number of carboxylic acids is 1. The number of halogens is 1. The van der Waals surface area contributed by atoms with Gasteiger partial charge in [0.1, 0.15) is 17.0 Å². The third kappa shape index (κ3) is 2.89. The third-order valence-electron chi connectivity index (χ3n) is 3.91. The van der Waals surface area contributed by atoms with Crippen LogP contribution in [0.5, 0.6) is 5.75 Å². The van der Waals surface area contributed by atoms with Crippen LogP contribution in [0.4, 0.5) is 4.39 Å². The molecule has 1 N–H and O–H groups in total. The highest BCUT2D eigenvalue weighted by Crippen LogP contribution is 2.33. The first kappa shape index (κ1) is 16.2. The lowest BCUT2D eigenvalue weighted by Gasteiger charge is -2.24. The molecular weight excluding hydrogens is 293 g/mol. The molecule has 2 rings (SSSR count). The normalized spacial score (nSPS) is 21.0. The maximum Gasteiger partial charge on any atom is 0.313 e. The maximum atomic E-state index is 13.4. The zero-order chi connectivity index (χ0) is 16.3. The van der Waals surface area contributed by atoms with E-state index in [1.807, 2.05) is 0 Å². The lowest BCUT2D eigenvalue weighted by Crippen LogP contribution is -2.40. The summed E-state index contributed by atoms with van der Waals surface area (Å²) < 4.78 is 23.4. The molecule has 1 atom stereocenters. The van der Waals surface area contributed by atoms with E-state index in [-0.39, 0.29) is 31.0 Å². The van der Waals surface area contributed by atoms with Gasteiger partial charge in [0.2, 0.25) is 0 Å². The molecule has 1 amide bonds. The first-order valence-electron chi connectivity index (χ1n) is 6.78. The largest absolute Gasteiger partial charge is 0.496 e. The van der Waals surface area contributed by atoms with Gasteiger partial charge >= 0.3 is 5.97 Å². The number of benzene rings is 1. The molecule has 0 aliphatic carbocycles. The second-order valence-electron chi connectivity index (χ2n) is 5.34. The van der Waals surface area contributed by atoms with Crippen LogP contribution in [0.1, 0.15) is 16.8 Å². The highest BCUT2D eigenvalue weighted by atomic mass is 19.1. The van der Waals surface area contributed by atoms with Crippen LogP contribution >= 0.6 is 0 Å².